The Morgan fingerprint density at radius 1 is 1.20 bits per heavy atom. The standard InChI is InChI=1S/C17H17F3N4O/c18-17(19,20)16(25)24-8-7-23(11-14-9-13(21)5-6-22-14)15-4-2-1-3-12(15)10-24/h1-6,9H,7-8,10-11H2,(H2,21,22). The van der Waals surface area contributed by atoms with Gasteiger partial charge in [-0.25, -0.2) is 0 Å². The zero-order valence-electron chi connectivity index (χ0n) is 13.3. The van der Waals surface area contributed by atoms with E-state index in [4.69, 9.17) is 5.73 Å². The van der Waals surface area contributed by atoms with E-state index in [2.05, 4.69) is 4.98 Å². The molecule has 0 saturated heterocycles. The number of carbonyl (C=O) groups is 1. The number of anilines is 2. The van der Waals surface area contributed by atoms with Gasteiger partial charge in [-0.2, -0.15) is 13.2 Å². The molecule has 0 spiro atoms. The molecule has 1 amide bonds. The highest BCUT2D eigenvalue weighted by atomic mass is 19.4. The monoisotopic (exact) mass is 350 g/mol. The quantitative estimate of drug-likeness (QED) is 0.904. The summed E-state index contributed by atoms with van der Waals surface area (Å²) in [7, 11) is 0. The van der Waals surface area contributed by atoms with Crippen molar-refractivity contribution in [1.82, 2.24) is 9.88 Å². The zero-order valence-corrected chi connectivity index (χ0v) is 13.3. The number of alkyl halides is 3. The highest BCUT2D eigenvalue weighted by Gasteiger charge is 2.43. The summed E-state index contributed by atoms with van der Waals surface area (Å²) in [6.45, 7) is 0.579. The normalized spacial score (nSPS) is 14.8. The van der Waals surface area contributed by atoms with Crippen molar-refractivity contribution in [3.05, 3.63) is 53.9 Å². The fourth-order valence-corrected chi connectivity index (χ4v) is 2.90. The van der Waals surface area contributed by atoms with Gasteiger partial charge in [0.15, 0.2) is 0 Å². The molecule has 1 aromatic heterocycles. The van der Waals surface area contributed by atoms with Crippen LogP contribution in [0.25, 0.3) is 0 Å². The molecule has 2 heterocycles. The van der Waals surface area contributed by atoms with Gasteiger partial charge < -0.3 is 15.5 Å². The van der Waals surface area contributed by atoms with Crippen LogP contribution in [-0.2, 0) is 17.9 Å². The number of rotatable bonds is 2. The van der Waals surface area contributed by atoms with Crippen LogP contribution in [0.3, 0.4) is 0 Å². The highest BCUT2D eigenvalue weighted by Crippen LogP contribution is 2.28. The minimum absolute atomic E-state index is 0.0185. The van der Waals surface area contributed by atoms with Crippen molar-refractivity contribution in [3.8, 4) is 0 Å². The first-order chi connectivity index (χ1) is 11.8. The summed E-state index contributed by atoms with van der Waals surface area (Å²) >= 11 is 0. The Balaban J connectivity index is 1.88. The van der Waals surface area contributed by atoms with E-state index >= 15 is 0 Å². The number of nitrogens with zero attached hydrogens (tertiary/aromatic N) is 3. The van der Waals surface area contributed by atoms with Crippen molar-refractivity contribution in [2.45, 2.75) is 19.3 Å². The fourth-order valence-electron chi connectivity index (χ4n) is 2.90. The topological polar surface area (TPSA) is 62.5 Å². The number of hydrogen-bond acceptors (Lipinski definition) is 4. The van der Waals surface area contributed by atoms with Crippen LogP contribution in [0.4, 0.5) is 24.5 Å². The molecular weight excluding hydrogens is 333 g/mol. The lowest BCUT2D eigenvalue weighted by atomic mass is 10.1. The molecule has 0 unspecified atom stereocenters. The van der Waals surface area contributed by atoms with Crippen molar-refractivity contribution in [1.29, 1.82) is 0 Å². The second kappa shape index (κ2) is 6.62. The first kappa shape index (κ1) is 17.1. The van der Waals surface area contributed by atoms with Crippen molar-refractivity contribution < 1.29 is 18.0 Å². The number of aromatic nitrogens is 1. The lowest BCUT2D eigenvalue weighted by molar-refractivity contribution is -0.185. The average Bonchev–Trinajstić information content (AvgIpc) is 2.73. The third-order valence-electron chi connectivity index (χ3n) is 4.06. The predicted octanol–water partition coefficient (Wildman–Crippen LogP) is 2.57. The smallest absolute Gasteiger partial charge is 0.399 e. The van der Waals surface area contributed by atoms with E-state index in [0.29, 0.717) is 23.5 Å². The molecule has 0 saturated carbocycles. The van der Waals surface area contributed by atoms with Gasteiger partial charge >= 0.3 is 12.1 Å². The van der Waals surface area contributed by atoms with E-state index < -0.39 is 12.1 Å². The molecule has 1 aliphatic heterocycles. The van der Waals surface area contributed by atoms with Gasteiger partial charge in [-0.1, -0.05) is 18.2 Å². The largest absolute Gasteiger partial charge is 0.471 e. The van der Waals surface area contributed by atoms with Crippen LogP contribution in [0.15, 0.2) is 42.6 Å². The summed E-state index contributed by atoms with van der Waals surface area (Å²) in [5.74, 6) is -1.81. The molecule has 0 bridgehead atoms. The van der Waals surface area contributed by atoms with E-state index in [1.54, 1.807) is 30.5 Å². The van der Waals surface area contributed by atoms with E-state index in [1.165, 1.54) is 0 Å². The molecule has 2 N–H and O–H groups in total. The van der Waals surface area contributed by atoms with Crippen LogP contribution < -0.4 is 10.6 Å². The lowest BCUT2D eigenvalue weighted by Gasteiger charge is -2.25. The third kappa shape index (κ3) is 3.84. The van der Waals surface area contributed by atoms with Crippen LogP contribution in [0, 0.1) is 0 Å². The molecule has 0 aliphatic carbocycles. The van der Waals surface area contributed by atoms with Gasteiger partial charge in [-0.05, 0) is 23.8 Å². The highest BCUT2D eigenvalue weighted by molar-refractivity contribution is 5.82. The van der Waals surface area contributed by atoms with Crippen LogP contribution >= 0.6 is 0 Å². The molecule has 2 aromatic rings. The summed E-state index contributed by atoms with van der Waals surface area (Å²) < 4.78 is 38.4. The average molecular weight is 350 g/mol. The maximum Gasteiger partial charge on any atom is 0.471 e. The molecule has 25 heavy (non-hydrogen) atoms. The summed E-state index contributed by atoms with van der Waals surface area (Å²) in [4.78, 5) is 18.7. The van der Waals surface area contributed by atoms with Crippen LogP contribution in [0.5, 0.6) is 0 Å². The number of pyridine rings is 1. The maximum atomic E-state index is 12.8. The molecule has 3 rings (SSSR count). The van der Waals surface area contributed by atoms with Gasteiger partial charge in [-0.15, -0.1) is 0 Å². The summed E-state index contributed by atoms with van der Waals surface area (Å²) in [5.41, 5.74) is 8.51. The number of halogens is 3. The van der Waals surface area contributed by atoms with Crippen LogP contribution in [0.2, 0.25) is 0 Å². The molecular formula is C17H17F3N4O. The Labute approximate surface area is 142 Å². The Morgan fingerprint density at radius 3 is 2.68 bits per heavy atom. The Hall–Kier alpha value is -2.77. The summed E-state index contributed by atoms with van der Waals surface area (Å²) in [5, 5.41) is 0. The van der Waals surface area contributed by atoms with Gasteiger partial charge in [0.05, 0.1) is 12.2 Å². The number of nitrogen functional groups attached to an aromatic ring is 1. The third-order valence-corrected chi connectivity index (χ3v) is 4.06. The SMILES string of the molecule is Nc1ccnc(CN2CCN(C(=O)C(F)(F)F)Cc3ccccc32)c1. The van der Waals surface area contributed by atoms with Gasteiger partial charge in [0.25, 0.3) is 0 Å². The fraction of sp³-hybridized carbons (Fsp3) is 0.294. The predicted molar refractivity (Wildman–Crippen MR) is 87.6 cm³/mol. The first-order valence-electron chi connectivity index (χ1n) is 7.74. The number of benzene rings is 1. The molecule has 0 fully saturated rings. The molecule has 1 aliphatic rings. The number of nitrogens with two attached hydrogens (primary N) is 1. The van der Waals surface area contributed by atoms with E-state index in [9.17, 15) is 18.0 Å². The number of carbonyl (C=O) groups excluding carboxylic acids is 1. The van der Waals surface area contributed by atoms with E-state index in [0.717, 1.165) is 10.6 Å². The van der Waals surface area contributed by atoms with Crippen molar-refractivity contribution in [3.63, 3.8) is 0 Å². The van der Waals surface area contributed by atoms with Crippen molar-refractivity contribution >= 4 is 17.3 Å². The molecule has 5 nitrogen and oxygen atoms in total. The van der Waals surface area contributed by atoms with E-state index in [-0.39, 0.29) is 19.6 Å². The number of fused-ring (bicyclic) bond motifs is 1. The van der Waals surface area contributed by atoms with E-state index in [1.807, 2.05) is 17.0 Å². The molecule has 8 heteroatoms. The first-order valence-corrected chi connectivity index (χ1v) is 7.74. The summed E-state index contributed by atoms with van der Waals surface area (Å²) in [6.07, 6.45) is -3.28. The minimum atomic E-state index is -4.88. The summed E-state index contributed by atoms with van der Waals surface area (Å²) in [6, 6.07) is 10.5. The molecule has 0 atom stereocenters. The van der Waals surface area contributed by atoms with Gasteiger partial charge in [0.1, 0.15) is 0 Å². The zero-order chi connectivity index (χ0) is 18.0. The Morgan fingerprint density at radius 2 is 1.96 bits per heavy atom. The Kier molecular flexibility index (Phi) is 4.52. The minimum Gasteiger partial charge on any atom is -0.399 e. The molecule has 0 radical (unpaired) electrons. The number of amides is 1. The second-order valence-corrected chi connectivity index (χ2v) is 5.86. The lowest BCUT2D eigenvalue weighted by Crippen LogP contribution is -2.42. The second-order valence-electron chi connectivity index (χ2n) is 5.86. The molecule has 132 valence electrons. The van der Waals surface area contributed by atoms with Crippen molar-refractivity contribution in [2.24, 2.45) is 0 Å². The number of para-hydroxylation sites is 1. The van der Waals surface area contributed by atoms with Crippen molar-refractivity contribution in [2.75, 3.05) is 23.7 Å². The number of hydrogen-bond donors (Lipinski definition) is 1. The van der Waals surface area contributed by atoms with Crippen LogP contribution in [0.1, 0.15) is 11.3 Å². The van der Waals surface area contributed by atoms with Gasteiger partial charge in [-0.3, -0.25) is 9.78 Å². The maximum absolute atomic E-state index is 12.8. The van der Waals surface area contributed by atoms with Gasteiger partial charge in [0, 0.05) is 37.2 Å². The molecule has 1 aromatic carbocycles. The van der Waals surface area contributed by atoms with Gasteiger partial charge in [0.2, 0.25) is 0 Å². The van der Waals surface area contributed by atoms with Crippen LogP contribution in [-0.4, -0.2) is 35.1 Å². The Bertz CT molecular complexity index is 778.